The lowest BCUT2D eigenvalue weighted by molar-refractivity contribution is -0.115. The molecule has 1 aliphatic heterocycles. The molecule has 2 heterocycles. The molecule has 1 aliphatic rings. The average molecular weight is 481 g/mol. The van der Waals surface area contributed by atoms with Gasteiger partial charge in [0.15, 0.2) is 5.96 Å². The van der Waals surface area contributed by atoms with E-state index in [-0.39, 0.29) is 36.4 Å². The number of aromatic nitrogens is 2. The number of halogens is 1. The summed E-state index contributed by atoms with van der Waals surface area (Å²) in [5.41, 5.74) is 0.783. The number of carbonyl (C=O) groups excluding carboxylic acids is 1. The van der Waals surface area contributed by atoms with Gasteiger partial charge in [0.05, 0.1) is 6.54 Å². The van der Waals surface area contributed by atoms with E-state index in [4.69, 9.17) is 0 Å². The molecule has 144 valence electrons. The molecule has 9 heteroatoms. The SMILES string of the molecule is CN=C(NCC(=O)Nc1ccccc1)N1CCN(c2ncccn2)CC1.I. The Balaban J connectivity index is 0.00000261. The summed E-state index contributed by atoms with van der Waals surface area (Å²) in [6.07, 6.45) is 3.50. The molecule has 1 saturated heterocycles. The normalized spacial score (nSPS) is 14.3. The van der Waals surface area contributed by atoms with Crippen LogP contribution in [0, 0.1) is 0 Å². The van der Waals surface area contributed by atoms with E-state index >= 15 is 0 Å². The molecule has 0 aliphatic carbocycles. The summed E-state index contributed by atoms with van der Waals surface area (Å²) >= 11 is 0. The van der Waals surface area contributed by atoms with Gasteiger partial charge >= 0.3 is 0 Å². The number of amides is 1. The van der Waals surface area contributed by atoms with Gasteiger partial charge in [-0.1, -0.05) is 18.2 Å². The molecule has 0 bridgehead atoms. The largest absolute Gasteiger partial charge is 0.347 e. The van der Waals surface area contributed by atoms with Gasteiger partial charge in [-0.3, -0.25) is 9.79 Å². The lowest BCUT2D eigenvalue weighted by Gasteiger charge is -2.36. The first-order valence-electron chi connectivity index (χ1n) is 8.59. The van der Waals surface area contributed by atoms with Crippen LogP contribution >= 0.6 is 24.0 Å². The number of aliphatic imine (C=N–C) groups is 1. The van der Waals surface area contributed by atoms with Gasteiger partial charge in [0.2, 0.25) is 11.9 Å². The quantitative estimate of drug-likeness (QED) is 0.391. The second-order valence-electron chi connectivity index (χ2n) is 5.84. The molecule has 2 aromatic rings. The maximum atomic E-state index is 12.1. The summed E-state index contributed by atoms with van der Waals surface area (Å²) in [6.45, 7) is 3.36. The van der Waals surface area contributed by atoms with Gasteiger partial charge in [-0.05, 0) is 18.2 Å². The zero-order chi connectivity index (χ0) is 18.2. The van der Waals surface area contributed by atoms with E-state index in [1.165, 1.54) is 0 Å². The molecule has 8 nitrogen and oxygen atoms in total. The number of piperazine rings is 1. The molecule has 0 saturated carbocycles. The lowest BCUT2D eigenvalue weighted by atomic mass is 10.3. The van der Waals surface area contributed by atoms with Gasteiger partial charge in [0.1, 0.15) is 0 Å². The minimum atomic E-state index is -0.103. The van der Waals surface area contributed by atoms with E-state index in [1.807, 2.05) is 36.4 Å². The lowest BCUT2D eigenvalue weighted by Crippen LogP contribution is -2.53. The summed E-state index contributed by atoms with van der Waals surface area (Å²) in [6, 6.07) is 11.2. The van der Waals surface area contributed by atoms with E-state index in [1.54, 1.807) is 19.4 Å². The third kappa shape index (κ3) is 6.05. The van der Waals surface area contributed by atoms with Crippen molar-refractivity contribution in [3.63, 3.8) is 0 Å². The van der Waals surface area contributed by atoms with E-state index in [0.29, 0.717) is 0 Å². The maximum Gasteiger partial charge on any atom is 0.243 e. The molecule has 0 radical (unpaired) electrons. The van der Waals surface area contributed by atoms with Crippen molar-refractivity contribution in [3.05, 3.63) is 48.8 Å². The molecular weight excluding hydrogens is 457 g/mol. The fraction of sp³-hybridized carbons (Fsp3) is 0.333. The Morgan fingerprint density at radius 2 is 1.74 bits per heavy atom. The number of para-hydroxylation sites is 1. The molecule has 1 aromatic carbocycles. The monoisotopic (exact) mass is 481 g/mol. The Kier molecular flexibility index (Phi) is 8.24. The highest BCUT2D eigenvalue weighted by atomic mass is 127. The van der Waals surface area contributed by atoms with Gasteiger partial charge in [-0.2, -0.15) is 0 Å². The molecule has 0 unspecified atom stereocenters. The number of anilines is 2. The van der Waals surface area contributed by atoms with E-state index in [0.717, 1.165) is 43.8 Å². The number of guanidine groups is 1. The molecule has 2 N–H and O–H groups in total. The van der Waals surface area contributed by atoms with Gasteiger partial charge in [-0.25, -0.2) is 9.97 Å². The summed E-state index contributed by atoms with van der Waals surface area (Å²) in [4.78, 5) is 29.2. The fourth-order valence-corrected chi connectivity index (χ4v) is 2.79. The number of rotatable bonds is 4. The van der Waals surface area contributed by atoms with Crippen LogP contribution in [0.15, 0.2) is 53.8 Å². The van der Waals surface area contributed by atoms with E-state index < -0.39 is 0 Å². The first-order valence-corrected chi connectivity index (χ1v) is 8.59. The van der Waals surface area contributed by atoms with Gasteiger partial charge in [0.25, 0.3) is 0 Å². The van der Waals surface area contributed by atoms with Gasteiger partial charge in [-0.15, -0.1) is 24.0 Å². The van der Waals surface area contributed by atoms with Crippen LogP contribution in [0.1, 0.15) is 0 Å². The third-order valence-electron chi connectivity index (χ3n) is 4.09. The van der Waals surface area contributed by atoms with Crippen LogP contribution in [0.3, 0.4) is 0 Å². The number of carbonyl (C=O) groups is 1. The fourth-order valence-electron chi connectivity index (χ4n) is 2.79. The van der Waals surface area contributed by atoms with Gasteiger partial charge < -0.3 is 20.4 Å². The van der Waals surface area contributed by atoms with Gasteiger partial charge in [0, 0.05) is 51.3 Å². The van der Waals surface area contributed by atoms with Crippen LogP contribution in [0.25, 0.3) is 0 Å². The molecule has 1 aromatic heterocycles. The topological polar surface area (TPSA) is 85.8 Å². The molecule has 1 fully saturated rings. The zero-order valence-electron chi connectivity index (χ0n) is 15.2. The summed E-state index contributed by atoms with van der Waals surface area (Å²) < 4.78 is 0. The molecular formula is C18H24IN7O. The first kappa shape index (κ1) is 20.9. The Morgan fingerprint density at radius 3 is 2.37 bits per heavy atom. The van der Waals surface area contributed by atoms with Crippen LogP contribution in [-0.4, -0.2) is 66.5 Å². The number of hydrogen-bond donors (Lipinski definition) is 2. The number of benzene rings is 1. The van der Waals surface area contributed by atoms with Crippen molar-refractivity contribution in [1.82, 2.24) is 20.2 Å². The van der Waals surface area contributed by atoms with Crippen molar-refractivity contribution < 1.29 is 4.79 Å². The molecule has 27 heavy (non-hydrogen) atoms. The number of hydrogen-bond acceptors (Lipinski definition) is 5. The van der Waals surface area contributed by atoms with Crippen molar-refractivity contribution in [2.75, 3.05) is 50.0 Å². The smallest absolute Gasteiger partial charge is 0.243 e. The highest BCUT2D eigenvalue weighted by Gasteiger charge is 2.21. The Bertz CT molecular complexity index is 734. The highest BCUT2D eigenvalue weighted by molar-refractivity contribution is 14.0. The van der Waals surface area contributed by atoms with Crippen molar-refractivity contribution in [2.24, 2.45) is 4.99 Å². The second-order valence-corrected chi connectivity index (χ2v) is 5.84. The summed E-state index contributed by atoms with van der Waals surface area (Å²) in [5, 5.41) is 5.98. The van der Waals surface area contributed by atoms with E-state index in [2.05, 4.69) is 35.4 Å². The number of nitrogens with one attached hydrogen (secondary N) is 2. The Labute approximate surface area is 176 Å². The molecule has 3 rings (SSSR count). The predicted molar refractivity (Wildman–Crippen MR) is 118 cm³/mol. The van der Waals surface area contributed by atoms with Crippen molar-refractivity contribution in [2.45, 2.75) is 0 Å². The zero-order valence-corrected chi connectivity index (χ0v) is 17.5. The minimum Gasteiger partial charge on any atom is -0.347 e. The van der Waals surface area contributed by atoms with Crippen LogP contribution in [0.4, 0.5) is 11.6 Å². The predicted octanol–water partition coefficient (Wildman–Crippen LogP) is 1.43. The van der Waals surface area contributed by atoms with E-state index in [9.17, 15) is 4.79 Å². The second kappa shape index (κ2) is 10.7. The first-order chi connectivity index (χ1) is 12.8. The molecule has 0 atom stereocenters. The maximum absolute atomic E-state index is 12.1. The highest BCUT2D eigenvalue weighted by Crippen LogP contribution is 2.09. The van der Waals surface area contributed by atoms with Crippen LogP contribution in [0.2, 0.25) is 0 Å². The average Bonchev–Trinajstić information content (AvgIpc) is 2.70. The van der Waals surface area contributed by atoms with Crippen molar-refractivity contribution in [3.8, 4) is 0 Å². The van der Waals surface area contributed by atoms with Crippen LogP contribution in [0.5, 0.6) is 0 Å². The Morgan fingerprint density at radius 1 is 1.07 bits per heavy atom. The standard InChI is InChI=1S/C18H23N7O.HI/c1-19-17(22-14-16(26)23-15-6-3-2-4-7-15)24-10-12-25(13-11-24)18-20-8-5-9-21-18;/h2-9H,10-14H2,1H3,(H,19,22)(H,23,26);1H. The summed E-state index contributed by atoms with van der Waals surface area (Å²) in [5.74, 6) is 1.37. The van der Waals surface area contributed by atoms with Crippen LogP contribution in [-0.2, 0) is 4.79 Å². The third-order valence-corrected chi connectivity index (χ3v) is 4.09. The van der Waals surface area contributed by atoms with Crippen molar-refractivity contribution >= 4 is 47.5 Å². The number of nitrogens with zero attached hydrogens (tertiary/aromatic N) is 5. The molecule has 1 amide bonds. The van der Waals surface area contributed by atoms with Crippen LogP contribution < -0.4 is 15.5 Å². The minimum absolute atomic E-state index is 0. The Hall–Kier alpha value is -2.43. The molecule has 0 spiro atoms. The van der Waals surface area contributed by atoms with Crippen molar-refractivity contribution in [1.29, 1.82) is 0 Å². The summed E-state index contributed by atoms with van der Waals surface area (Å²) in [7, 11) is 1.73.